The van der Waals surface area contributed by atoms with E-state index < -0.39 is 5.97 Å². The van der Waals surface area contributed by atoms with Crippen LogP contribution in [0.2, 0.25) is 10.0 Å². The molecule has 23 heavy (non-hydrogen) atoms. The van der Waals surface area contributed by atoms with Gasteiger partial charge in [-0.05, 0) is 42.0 Å². The number of ether oxygens (including phenoxy) is 2. The zero-order chi connectivity index (χ0) is 16.4. The maximum Gasteiger partial charge on any atom is 0.363 e. The lowest BCUT2D eigenvalue weighted by molar-refractivity contribution is -0.129. The summed E-state index contributed by atoms with van der Waals surface area (Å²) < 4.78 is 10.3. The van der Waals surface area contributed by atoms with Gasteiger partial charge in [0.1, 0.15) is 5.75 Å². The number of carbonyl (C=O) groups excluding carboxylic acids is 1. The third-order valence-electron chi connectivity index (χ3n) is 3.20. The minimum Gasteiger partial charge on any atom is -0.497 e. The molecule has 2 aromatic rings. The zero-order valence-corrected chi connectivity index (χ0v) is 13.6. The van der Waals surface area contributed by atoms with Crippen molar-refractivity contribution in [1.29, 1.82) is 0 Å². The molecule has 0 N–H and O–H groups in total. The van der Waals surface area contributed by atoms with E-state index in [0.29, 0.717) is 15.6 Å². The van der Waals surface area contributed by atoms with E-state index in [4.69, 9.17) is 32.7 Å². The van der Waals surface area contributed by atoms with Crippen molar-refractivity contribution in [3.8, 4) is 5.75 Å². The predicted octanol–water partition coefficient (Wildman–Crippen LogP) is 4.35. The summed E-state index contributed by atoms with van der Waals surface area (Å²) in [5.74, 6) is 0.372. The molecule has 0 bridgehead atoms. The number of esters is 1. The van der Waals surface area contributed by atoms with Crippen LogP contribution in [0.4, 0.5) is 0 Å². The Morgan fingerprint density at radius 3 is 2.52 bits per heavy atom. The van der Waals surface area contributed by atoms with Crippen molar-refractivity contribution in [2.24, 2.45) is 4.99 Å². The van der Waals surface area contributed by atoms with E-state index in [1.54, 1.807) is 43.5 Å². The molecule has 116 valence electrons. The smallest absolute Gasteiger partial charge is 0.363 e. The first-order valence-electron chi connectivity index (χ1n) is 6.69. The van der Waals surface area contributed by atoms with Crippen LogP contribution >= 0.6 is 23.2 Å². The molecular weight excluding hydrogens is 337 g/mol. The van der Waals surface area contributed by atoms with Gasteiger partial charge in [0.15, 0.2) is 5.70 Å². The van der Waals surface area contributed by atoms with E-state index in [1.165, 1.54) is 0 Å². The highest BCUT2D eigenvalue weighted by atomic mass is 35.5. The van der Waals surface area contributed by atoms with Crippen LogP contribution in [0.1, 0.15) is 11.1 Å². The van der Waals surface area contributed by atoms with Crippen molar-refractivity contribution in [2.45, 2.75) is 0 Å². The van der Waals surface area contributed by atoms with Crippen LogP contribution in [0, 0.1) is 0 Å². The molecule has 1 heterocycles. The lowest BCUT2D eigenvalue weighted by Gasteiger charge is -2.02. The molecule has 4 nitrogen and oxygen atoms in total. The van der Waals surface area contributed by atoms with Crippen molar-refractivity contribution in [2.75, 3.05) is 7.11 Å². The fourth-order valence-electron chi connectivity index (χ4n) is 2.05. The minimum atomic E-state index is -0.526. The molecule has 0 radical (unpaired) electrons. The molecule has 6 heteroatoms. The van der Waals surface area contributed by atoms with Gasteiger partial charge in [0.2, 0.25) is 5.90 Å². The summed E-state index contributed by atoms with van der Waals surface area (Å²) in [5.41, 5.74) is 1.53. The fraction of sp³-hybridized carbons (Fsp3) is 0.0588. The van der Waals surface area contributed by atoms with Gasteiger partial charge in [-0.3, -0.25) is 0 Å². The summed E-state index contributed by atoms with van der Waals surface area (Å²) in [4.78, 5) is 16.2. The van der Waals surface area contributed by atoms with Crippen molar-refractivity contribution in [3.63, 3.8) is 0 Å². The van der Waals surface area contributed by atoms with E-state index in [9.17, 15) is 4.79 Å². The van der Waals surface area contributed by atoms with Gasteiger partial charge < -0.3 is 9.47 Å². The number of hydrogen-bond donors (Lipinski definition) is 0. The summed E-state index contributed by atoms with van der Waals surface area (Å²) in [7, 11) is 1.59. The standard InChI is InChI=1S/C17H11Cl2NO3/c1-22-12-5-2-10(3-6-12)8-15-17(21)23-16(20-15)13-7-4-11(18)9-14(13)19/h2-9H,1H3/b15-8-. The average Bonchev–Trinajstić information content (AvgIpc) is 2.88. The number of carbonyl (C=O) groups is 1. The third kappa shape index (κ3) is 3.38. The molecule has 1 aliphatic heterocycles. The third-order valence-corrected chi connectivity index (χ3v) is 3.75. The van der Waals surface area contributed by atoms with Gasteiger partial charge in [0.25, 0.3) is 0 Å². The van der Waals surface area contributed by atoms with Crippen LogP contribution in [-0.2, 0) is 9.53 Å². The first kappa shape index (κ1) is 15.6. The number of halogens is 2. The normalized spacial score (nSPS) is 15.5. The summed E-state index contributed by atoms with van der Waals surface area (Å²) in [5, 5.41) is 0.868. The maximum atomic E-state index is 12.0. The summed E-state index contributed by atoms with van der Waals surface area (Å²) in [6, 6.07) is 12.1. The molecule has 0 aliphatic carbocycles. The van der Waals surface area contributed by atoms with E-state index >= 15 is 0 Å². The number of aliphatic imine (C=N–C) groups is 1. The van der Waals surface area contributed by atoms with Gasteiger partial charge in [-0.1, -0.05) is 35.3 Å². The first-order chi connectivity index (χ1) is 11.1. The summed E-state index contributed by atoms with van der Waals surface area (Å²) in [6.45, 7) is 0. The Labute approximate surface area is 143 Å². The first-order valence-corrected chi connectivity index (χ1v) is 7.44. The quantitative estimate of drug-likeness (QED) is 0.612. The van der Waals surface area contributed by atoms with Crippen molar-refractivity contribution in [3.05, 3.63) is 69.3 Å². The van der Waals surface area contributed by atoms with Crippen molar-refractivity contribution < 1.29 is 14.3 Å². The van der Waals surface area contributed by atoms with Gasteiger partial charge in [-0.2, -0.15) is 0 Å². The largest absolute Gasteiger partial charge is 0.497 e. The zero-order valence-electron chi connectivity index (χ0n) is 12.0. The monoisotopic (exact) mass is 347 g/mol. The number of benzene rings is 2. The SMILES string of the molecule is COc1ccc(/C=C2\N=C(c3ccc(Cl)cc3Cl)OC2=O)cc1. The highest BCUT2D eigenvalue weighted by Crippen LogP contribution is 2.26. The van der Waals surface area contributed by atoms with Crippen LogP contribution in [0.3, 0.4) is 0 Å². The highest BCUT2D eigenvalue weighted by Gasteiger charge is 2.25. The van der Waals surface area contributed by atoms with Crippen LogP contribution in [0.25, 0.3) is 6.08 Å². The second-order valence-electron chi connectivity index (χ2n) is 4.73. The molecule has 0 aromatic heterocycles. The van der Waals surface area contributed by atoms with E-state index in [0.717, 1.165) is 11.3 Å². The molecular formula is C17H11Cl2NO3. The number of nitrogens with zero attached hydrogens (tertiary/aromatic N) is 1. The number of rotatable bonds is 3. The number of hydrogen-bond acceptors (Lipinski definition) is 4. The predicted molar refractivity (Wildman–Crippen MR) is 90.1 cm³/mol. The lowest BCUT2D eigenvalue weighted by atomic mass is 10.2. The Kier molecular flexibility index (Phi) is 4.37. The molecule has 1 aliphatic rings. The van der Waals surface area contributed by atoms with Crippen molar-refractivity contribution in [1.82, 2.24) is 0 Å². The molecule has 0 saturated carbocycles. The molecule has 3 rings (SSSR count). The van der Waals surface area contributed by atoms with Gasteiger partial charge in [0.05, 0.1) is 17.7 Å². The van der Waals surface area contributed by atoms with Crippen LogP contribution in [0.15, 0.2) is 53.2 Å². The molecule has 0 fully saturated rings. The topological polar surface area (TPSA) is 47.9 Å². The number of methoxy groups -OCH3 is 1. The maximum absolute atomic E-state index is 12.0. The molecule has 2 aromatic carbocycles. The second kappa shape index (κ2) is 6.44. The van der Waals surface area contributed by atoms with Crippen LogP contribution < -0.4 is 4.74 Å². The van der Waals surface area contributed by atoms with Gasteiger partial charge in [-0.15, -0.1) is 0 Å². The Hall–Kier alpha value is -2.30. The Balaban J connectivity index is 1.92. The second-order valence-corrected chi connectivity index (χ2v) is 5.58. The minimum absolute atomic E-state index is 0.163. The molecule has 0 unspecified atom stereocenters. The molecule has 0 saturated heterocycles. The van der Waals surface area contributed by atoms with E-state index in [2.05, 4.69) is 4.99 Å². The van der Waals surface area contributed by atoms with Crippen molar-refractivity contribution >= 4 is 41.1 Å². The summed E-state index contributed by atoms with van der Waals surface area (Å²) in [6.07, 6.45) is 1.64. The molecule has 0 spiro atoms. The summed E-state index contributed by atoms with van der Waals surface area (Å²) >= 11 is 12.0. The average molecular weight is 348 g/mol. The number of cyclic esters (lactones) is 1. The van der Waals surface area contributed by atoms with Crippen LogP contribution in [-0.4, -0.2) is 19.0 Å². The highest BCUT2D eigenvalue weighted by molar-refractivity contribution is 6.37. The fourth-order valence-corrected chi connectivity index (χ4v) is 2.53. The van der Waals surface area contributed by atoms with E-state index in [1.807, 2.05) is 12.1 Å². The Morgan fingerprint density at radius 1 is 1.13 bits per heavy atom. The van der Waals surface area contributed by atoms with Gasteiger partial charge in [0, 0.05) is 5.02 Å². The Morgan fingerprint density at radius 2 is 1.87 bits per heavy atom. The van der Waals surface area contributed by atoms with Gasteiger partial charge in [-0.25, -0.2) is 9.79 Å². The van der Waals surface area contributed by atoms with E-state index in [-0.39, 0.29) is 11.6 Å². The van der Waals surface area contributed by atoms with Crippen LogP contribution in [0.5, 0.6) is 5.75 Å². The molecule has 0 atom stereocenters. The lowest BCUT2D eigenvalue weighted by Crippen LogP contribution is -2.05. The molecule has 0 amide bonds. The van der Waals surface area contributed by atoms with Gasteiger partial charge >= 0.3 is 5.97 Å². The Bertz CT molecular complexity index is 826.